The fraction of sp³-hybridized carbons (Fsp3) is 0.148. The van der Waals surface area contributed by atoms with Crippen LogP contribution in [0.25, 0.3) is 0 Å². The third-order valence-electron chi connectivity index (χ3n) is 6.61. The predicted octanol–water partition coefficient (Wildman–Crippen LogP) is 4.53. The molecule has 2 aromatic carbocycles. The predicted molar refractivity (Wildman–Crippen MR) is 147 cm³/mol. The summed E-state index contributed by atoms with van der Waals surface area (Å²) < 4.78 is 14.6. The number of thiazole rings is 1. The van der Waals surface area contributed by atoms with Crippen LogP contribution in [0.4, 0.5) is 15.8 Å². The van der Waals surface area contributed by atoms with Gasteiger partial charge in [0, 0.05) is 33.9 Å². The van der Waals surface area contributed by atoms with Crippen molar-refractivity contribution in [1.29, 1.82) is 0 Å². The summed E-state index contributed by atoms with van der Waals surface area (Å²) in [5, 5.41) is 2.79. The van der Waals surface area contributed by atoms with Crippen LogP contribution in [0.5, 0.6) is 0 Å². The molecule has 3 atom stereocenters. The van der Waals surface area contributed by atoms with Gasteiger partial charge in [0.1, 0.15) is 17.6 Å². The topological polar surface area (TPSA) is 101 Å². The summed E-state index contributed by atoms with van der Waals surface area (Å²) >= 11 is 8.09. The van der Waals surface area contributed by atoms with Gasteiger partial charge in [-0.1, -0.05) is 40.8 Å². The van der Waals surface area contributed by atoms with Gasteiger partial charge in [-0.15, -0.1) is 0 Å². The van der Waals surface area contributed by atoms with Crippen molar-refractivity contribution in [2.24, 2.45) is 5.92 Å². The van der Waals surface area contributed by atoms with Crippen LogP contribution >= 0.6 is 34.7 Å². The summed E-state index contributed by atoms with van der Waals surface area (Å²) in [5.41, 5.74) is 1.49. The lowest BCUT2D eigenvalue weighted by Crippen LogP contribution is -2.33. The minimum absolute atomic E-state index is 0.310. The van der Waals surface area contributed by atoms with E-state index < -0.39 is 34.7 Å². The maximum absolute atomic E-state index is 13.8. The summed E-state index contributed by atoms with van der Waals surface area (Å²) in [6.07, 6.45) is 3.23. The number of amides is 3. The van der Waals surface area contributed by atoms with E-state index >= 15 is 0 Å². The van der Waals surface area contributed by atoms with Gasteiger partial charge in [-0.25, -0.2) is 9.29 Å². The largest absolute Gasteiger partial charge is 0.325 e. The minimum Gasteiger partial charge on any atom is -0.325 e. The van der Waals surface area contributed by atoms with Gasteiger partial charge in [0.2, 0.25) is 17.7 Å². The number of carbonyl (C=O) groups is 3. The van der Waals surface area contributed by atoms with Gasteiger partial charge < -0.3 is 5.32 Å². The smallest absolute Gasteiger partial charge is 0.308 e. The molecule has 196 valence electrons. The number of aromatic nitrogens is 2. The number of imide groups is 1. The van der Waals surface area contributed by atoms with Crippen molar-refractivity contribution in [3.63, 3.8) is 0 Å². The first-order valence-electron chi connectivity index (χ1n) is 11.8. The van der Waals surface area contributed by atoms with Crippen LogP contribution in [0.2, 0.25) is 5.02 Å². The van der Waals surface area contributed by atoms with E-state index in [-0.39, 0.29) is 17.3 Å². The zero-order chi connectivity index (χ0) is 27.3. The number of carbonyl (C=O) groups excluding carboxylic acids is 3. The number of hydrogen-bond donors (Lipinski definition) is 1. The summed E-state index contributed by atoms with van der Waals surface area (Å²) in [5.74, 6) is -3.07. The Bertz CT molecular complexity index is 1660. The van der Waals surface area contributed by atoms with Gasteiger partial charge in [-0.05, 0) is 60.2 Å². The number of thioether (sulfide) groups is 1. The number of nitrogens with zero attached hydrogens (tertiary/aromatic N) is 3. The van der Waals surface area contributed by atoms with Crippen molar-refractivity contribution < 1.29 is 18.8 Å². The first-order chi connectivity index (χ1) is 18.8. The molecule has 0 radical (unpaired) electrons. The quantitative estimate of drug-likeness (QED) is 0.348. The molecule has 8 nitrogen and oxygen atoms in total. The molecule has 12 heteroatoms. The molecule has 1 fully saturated rings. The van der Waals surface area contributed by atoms with E-state index in [9.17, 15) is 23.6 Å². The average molecular weight is 581 g/mol. The third kappa shape index (κ3) is 4.56. The number of rotatable bonds is 5. The fourth-order valence-corrected chi connectivity index (χ4v) is 7.80. The first kappa shape index (κ1) is 25.5. The molecule has 2 aliphatic heterocycles. The van der Waals surface area contributed by atoms with Crippen molar-refractivity contribution >= 4 is 63.8 Å². The van der Waals surface area contributed by atoms with Crippen molar-refractivity contribution in [3.8, 4) is 0 Å². The maximum atomic E-state index is 13.8. The van der Waals surface area contributed by atoms with E-state index in [0.717, 1.165) is 23.1 Å². The average Bonchev–Trinajstić information content (AvgIpc) is 3.37. The standard InChI is InChI=1S/C27H18ClFN4O4S2/c28-15-3-9-18(10-4-15)33-24(35)21-20(14-2-1-11-30-12-14)23-26(38-22(21)25(33)36)32(27(37)39-23)13-19(34)31-17-7-5-16(29)6-8-17/h1-12,20-22H,13H2,(H,31,34)/t20-,21?,22?/m0/s1. The Morgan fingerprint density at radius 3 is 2.46 bits per heavy atom. The number of benzene rings is 2. The molecule has 1 saturated heterocycles. The van der Waals surface area contributed by atoms with Crippen molar-refractivity contribution in [3.05, 3.63) is 104 Å². The van der Waals surface area contributed by atoms with Gasteiger partial charge in [-0.2, -0.15) is 0 Å². The summed E-state index contributed by atoms with van der Waals surface area (Å²) in [4.78, 5) is 59.1. The minimum atomic E-state index is -0.814. The van der Waals surface area contributed by atoms with Crippen LogP contribution in [-0.2, 0) is 20.9 Å². The van der Waals surface area contributed by atoms with E-state index in [2.05, 4.69) is 10.3 Å². The van der Waals surface area contributed by atoms with E-state index in [4.69, 9.17) is 11.6 Å². The maximum Gasteiger partial charge on any atom is 0.308 e. The number of hydrogen-bond acceptors (Lipinski definition) is 7. The lowest BCUT2D eigenvalue weighted by Gasteiger charge is -2.30. The highest BCUT2D eigenvalue weighted by atomic mass is 35.5. The van der Waals surface area contributed by atoms with Crippen molar-refractivity contribution in [2.75, 3.05) is 10.2 Å². The first-order valence-corrected chi connectivity index (χ1v) is 13.9. The zero-order valence-corrected chi connectivity index (χ0v) is 22.3. The van der Waals surface area contributed by atoms with E-state index in [1.165, 1.54) is 33.7 Å². The zero-order valence-electron chi connectivity index (χ0n) is 19.9. The second-order valence-corrected chi connectivity index (χ2v) is 11.6. The summed E-state index contributed by atoms with van der Waals surface area (Å²) in [6.45, 7) is -0.310. The third-order valence-corrected chi connectivity index (χ3v) is 9.46. The lowest BCUT2D eigenvalue weighted by atomic mass is 9.84. The molecular weight excluding hydrogens is 563 g/mol. The Morgan fingerprint density at radius 2 is 1.77 bits per heavy atom. The van der Waals surface area contributed by atoms with Gasteiger partial charge in [0.05, 0.1) is 16.6 Å². The monoisotopic (exact) mass is 580 g/mol. The van der Waals surface area contributed by atoms with Crippen LogP contribution < -0.4 is 15.1 Å². The lowest BCUT2D eigenvalue weighted by molar-refractivity contribution is -0.122. The van der Waals surface area contributed by atoms with Gasteiger partial charge >= 0.3 is 4.87 Å². The molecular formula is C27H18ClFN4O4S2. The Hall–Kier alpha value is -3.80. The van der Waals surface area contributed by atoms with Crippen molar-refractivity contribution in [2.45, 2.75) is 22.7 Å². The molecule has 3 amide bonds. The van der Waals surface area contributed by atoms with Gasteiger partial charge in [-0.3, -0.25) is 28.7 Å². The highest BCUT2D eigenvalue weighted by Crippen LogP contribution is 2.53. The normalized spacial score (nSPS) is 20.1. The van der Waals surface area contributed by atoms with E-state index in [1.807, 2.05) is 6.07 Å². The highest BCUT2D eigenvalue weighted by Gasteiger charge is 2.56. The van der Waals surface area contributed by atoms with E-state index in [1.54, 1.807) is 42.7 Å². The van der Waals surface area contributed by atoms with Crippen LogP contribution in [0.1, 0.15) is 16.4 Å². The molecule has 39 heavy (non-hydrogen) atoms. The number of anilines is 2. The molecule has 4 aromatic rings. The molecule has 2 aliphatic rings. The SMILES string of the molecule is O=C(Cn1c2c(sc1=O)[C@@H](c1cccnc1)C1C(=O)N(c3ccc(Cl)cc3)C(=O)C1S2)Nc1ccc(F)cc1. The number of nitrogens with one attached hydrogen (secondary N) is 1. The Balaban J connectivity index is 1.39. The molecule has 0 bridgehead atoms. The van der Waals surface area contributed by atoms with Crippen LogP contribution in [0.15, 0.2) is 82.9 Å². The van der Waals surface area contributed by atoms with Gasteiger partial charge in [0.25, 0.3) is 0 Å². The second-order valence-electron chi connectivity index (χ2n) is 9.00. The van der Waals surface area contributed by atoms with E-state index in [0.29, 0.717) is 31.9 Å². The summed E-state index contributed by atoms with van der Waals surface area (Å²) in [6, 6.07) is 15.3. The molecule has 0 saturated carbocycles. The molecule has 4 heterocycles. The number of halogens is 2. The molecule has 2 unspecified atom stereocenters. The Morgan fingerprint density at radius 1 is 1.03 bits per heavy atom. The van der Waals surface area contributed by atoms with Crippen LogP contribution in [-0.4, -0.2) is 32.5 Å². The Kier molecular flexibility index (Phi) is 6.57. The Labute approximate surface area is 234 Å². The molecule has 0 spiro atoms. The molecule has 2 aromatic heterocycles. The second kappa shape index (κ2) is 10.1. The summed E-state index contributed by atoms with van der Waals surface area (Å²) in [7, 11) is 0. The van der Waals surface area contributed by atoms with Crippen LogP contribution in [0.3, 0.4) is 0 Å². The molecule has 6 rings (SSSR count). The highest BCUT2D eigenvalue weighted by molar-refractivity contribution is 8.00. The van der Waals surface area contributed by atoms with Crippen LogP contribution in [0, 0.1) is 11.7 Å². The molecule has 1 N–H and O–H groups in total. The van der Waals surface area contributed by atoms with Crippen molar-refractivity contribution in [1.82, 2.24) is 9.55 Å². The number of fused-ring (bicyclic) bond motifs is 2. The fourth-order valence-electron chi connectivity index (χ4n) is 4.90. The number of pyridine rings is 1. The van der Waals surface area contributed by atoms with Gasteiger partial charge in [0.15, 0.2) is 0 Å². The molecule has 0 aliphatic carbocycles.